The molecule has 0 bridgehead atoms. The third-order valence-corrected chi connectivity index (χ3v) is 9.85. The molecule has 3 aliphatic rings. The Bertz CT molecular complexity index is 1410. The van der Waals surface area contributed by atoms with Crippen molar-refractivity contribution in [1.82, 2.24) is 9.78 Å². The summed E-state index contributed by atoms with van der Waals surface area (Å²) in [4.78, 5) is 24.7. The first-order chi connectivity index (χ1) is 18.4. The van der Waals surface area contributed by atoms with Crippen LogP contribution in [-0.2, 0) is 14.1 Å². The lowest BCUT2D eigenvalue weighted by molar-refractivity contribution is -0.157. The molecule has 2 aliphatic carbocycles. The van der Waals surface area contributed by atoms with Crippen LogP contribution in [0.25, 0.3) is 10.9 Å². The summed E-state index contributed by atoms with van der Waals surface area (Å²) in [6.45, 7) is 10.3. The molecule has 3 fully saturated rings. The van der Waals surface area contributed by atoms with Crippen molar-refractivity contribution in [2.75, 3.05) is 0 Å². The molecule has 1 atom stereocenters. The molecular formula is C31H37BN2O5. The lowest BCUT2D eigenvalue weighted by atomic mass is 9.47. The number of hydrogen-bond donors (Lipinski definition) is 1. The first kappa shape index (κ1) is 26.3. The molecule has 1 aliphatic heterocycles. The predicted molar refractivity (Wildman–Crippen MR) is 150 cm³/mol. The number of rotatable bonds is 7. The van der Waals surface area contributed by atoms with Crippen LogP contribution in [0.5, 0.6) is 0 Å². The second-order valence-corrected chi connectivity index (χ2v) is 13.1. The molecule has 1 unspecified atom stereocenters. The third-order valence-electron chi connectivity index (χ3n) is 9.85. The molecule has 1 N–H and O–H groups in total. The zero-order valence-corrected chi connectivity index (χ0v) is 23.4. The lowest BCUT2D eigenvalue weighted by Crippen LogP contribution is -2.50. The number of carboxylic acids is 1. The van der Waals surface area contributed by atoms with E-state index in [0.29, 0.717) is 17.9 Å². The summed E-state index contributed by atoms with van der Waals surface area (Å²) in [5.41, 5.74) is 3.03. The van der Waals surface area contributed by atoms with Gasteiger partial charge >= 0.3 is 13.1 Å². The number of benzene rings is 2. The van der Waals surface area contributed by atoms with Gasteiger partial charge < -0.3 is 14.4 Å². The summed E-state index contributed by atoms with van der Waals surface area (Å²) < 4.78 is 14.4. The number of carboxylic acid groups (broad SMARTS) is 1. The Morgan fingerprint density at radius 2 is 1.67 bits per heavy atom. The van der Waals surface area contributed by atoms with Gasteiger partial charge in [0, 0.05) is 17.4 Å². The quantitative estimate of drug-likeness (QED) is 0.326. The molecule has 1 saturated heterocycles. The van der Waals surface area contributed by atoms with E-state index in [1.807, 2.05) is 41.2 Å². The van der Waals surface area contributed by atoms with Crippen molar-refractivity contribution in [1.29, 1.82) is 0 Å². The maximum atomic E-state index is 13.5. The number of Topliss-reactive ketones (excluding diaryl/α,β-unsaturated/α-hetero) is 1. The Morgan fingerprint density at radius 1 is 1.03 bits per heavy atom. The molecule has 2 saturated carbocycles. The number of nitrogens with zero attached hydrogens (tertiary/aromatic N) is 2. The zero-order valence-electron chi connectivity index (χ0n) is 23.4. The monoisotopic (exact) mass is 528 g/mol. The van der Waals surface area contributed by atoms with Crippen molar-refractivity contribution in [2.24, 2.45) is 17.3 Å². The fraction of sp³-hybridized carbons (Fsp3) is 0.516. The predicted octanol–water partition coefficient (Wildman–Crippen LogP) is 5.41. The zero-order chi connectivity index (χ0) is 27.7. The number of aromatic nitrogens is 2. The summed E-state index contributed by atoms with van der Waals surface area (Å²) in [6, 6.07) is 14.0. The molecule has 0 amide bonds. The van der Waals surface area contributed by atoms with Crippen LogP contribution < -0.4 is 5.46 Å². The molecule has 1 spiro atoms. The number of aliphatic carboxylic acids is 1. The van der Waals surface area contributed by atoms with Crippen LogP contribution in [0.15, 0.2) is 48.7 Å². The van der Waals surface area contributed by atoms with Crippen molar-refractivity contribution in [3.05, 3.63) is 59.8 Å². The van der Waals surface area contributed by atoms with Crippen LogP contribution in [0, 0.1) is 17.3 Å². The van der Waals surface area contributed by atoms with Crippen LogP contribution in [0.3, 0.4) is 0 Å². The van der Waals surface area contributed by atoms with Gasteiger partial charge in [-0.15, -0.1) is 0 Å². The first-order valence-corrected chi connectivity index (χ1v) is 14.1. The number of para-hydroxylation sites is 1. The van der Waals surface area contributed by atoms with Gasteiger partial charge in [0.2, 0.25) is 0 Å². The summed E-state index contributed by atoms with van der Waals surface area (Å²) in [5, 5.41) is 14.9. The number of ketones is 1. The molecule has 1 aromatic heterocycles. The van der Waals surface area contributed by atoms with E-state index < -0.39 is 13.1 Å². The Labute approximate surface area is 230 Å². The fourth-order valence-electron chi connectivity index (χ4n) is 6.85. The summed E-state index contributed by atoms with van der Waals surface area (Å²) in [5.74, 6) is -0.410. The average Bonchev–Trinajstić information content (AvgIpc) is 3.36. The largest absolute Gasteiger partial charge is 0.494 e. The number of carbonyl (C=O) groups excluding carboxylic acids is 1. The SMILES string of the molecule is CC(c1ccc(B2OC(C)(C)C(C)(C)O2)cc1)n1ncc2cccc(C(=O)CC3CC4(C3)CC(C(=O)O)C4)c21. The summed E-state index contributed by atoms with van der Waals surface area (Å²) in [6.07, 6.45) is 5.79. The Hall–Kier alpha value is -2.97. The van der Waals surface area contributed by atoms with E-state index in [-0.39, 0.29) is 34.4 Å². The number of hydrogen-bond acceptors (Lipinski definition) is 5. The fourth-order valence-corrected chi connectivity index (χ4v) is 6.85. The van der Waals surface area contributed by atoms with Gasteiger partial charge in [-0.1, -0.05) is 36.4 Å². The highest BCUT2D eigenvalue weighted by Crippen LogP contribution is 2.62. The van der Waals surface area contributed by atoms with Crippen LogP contribution >= 0.6 is 0 Å². The van der Waals surface area contributed by atoms with Crippen molar-refractivity contribution < 1.29 is 24.0 Å². The van der Waals surface area contributed by atoms with E-state index in [2.05, 4.69) is 46.8 Å². The van der Waals surface area contributed by atoms with E-state index in [1.54, 1.807) is 0 Å². The van der Waals surface area contributed by atoms with E-state index in [1.165, 1.54) is 0 Å². The van der Waals surface area contributed by atoms with Crippen LogP contribution in [0.2, 0.25) is 0 Å². The molecule has 3 aromatic rings. The van der Waals surface area contributed by atoms with Crippen molar-refractivity contribution in [3.8, 4) is 0 Å². The third kappa shape index (κ3) is 4.42. The van der Waals surface area contributed by atoms with Gasteiger partial charge in [-0.05, 0) is 88.7 Å². The second-order valence-electron chi connectivity index (χ2n) is 13.1. The highest BCUT2D eigenvalue weighted by atomic mass is 16.7. The molecule has 0 radical (unpaired) electrons. The summed E-state index contributed by atoms with van der Waals surface area (Å²) >= 11 is 0. The normalized spacial score (nSPS) is 27.8. The van der Waals surface area contributed by atoms with Gasteiger partial charge in [0.25, 0.3) is 0 Å². The molecule has 2 heterocycles. The van der Waals surface area contributed by atoms with Crippen LogP contribution in [-0.4, -0.2) is 45.0 Å². The molecule has 7 nitrogen and oxygen atoms in total. The van der Waals surface area contributed by atoms with Gasteiger partial charge in [0.05, 0.1) is 34.9 Å². The van der Waals surface area contributed by atoms with E-state index in [4.69, 9.17) is 14.4 Å². The second kappa shape index (κ2) is 9.03. The van der Waals surface area contributed by atoms with Gasteiger partial charge in [-0.2, -0.15) is 5.10 Å². The minimum Gasteiger partial charge on any atom is -0.481 e. The van der Waals surface area contributed by atoms with Crippen molar-refractivity contribution in [2.45, 2.75) is 84.0 Å². The minimum atomic E-state index is -0.683. The van der Waals surface area contributed by atoms with Crippen LogP contribution in [0.4, 0.5) is 0 Å². The molecule has 204 valence electrons. The highest BCUT2D eigenvalue weighted by Gasteiger charge is 2.55. The molecule has 2 aromatic carbocycles. The smallest absolute Gasteiger partial charge is 0.481 e. The Balaban J connectivity index is 1.18. The maximum absolute atomic E-state index is 13.5. The average molecular weight is 528 g/mol. The van der Waals surface area contributed by atoms with E-state index in [0.717, 1.165) is 47.6 Å². The molecule has 6 rings (SSSR count). The maximum Gasteiger partial charge on any atom is 0.494 e. The van der Waals surface area contributed by atoms with Crippen LogP contribution in [0.1, 0.15) is 88.7 Å². The Kier molecular flexibility index (Phi) is 6.08. The topological polar surface area (TPSA) is 90.7 Å². The highest BCUT2D eigenvalue weighted by molar-refractivity contribution is 6.62. The van der Waals surface area contributed by atoms with E-state index >= 15 is 0 Å². The number of carbonyl (C=O) groups is 2. The molecular weight excluding hydrogens is 491 g/mol. The van der Waals surface area contributed by atoms with E-state index in [9.17, 15) is 14.7 Å². The van der Waals surface area contributed by atoms with Gasteiger partial charge in [-0.25, -0.2) is 0 Å². The molecule has 39 heavy (non-hydrogen) atoms. The van der Waals surface area contributed by atoms with Crippen molar-refractivity contribution in [3.63, 3.8) is 0 Å². The standard InChI is InChI=1S/C31H37BN2O5/c1-19(21-9-11-24(12-10-21)32-38-29(2,3)30(4,5)39-32)34-27-22(18-33-34)7-6-8-25(27)26(35)13-20-14-31(15-20)16-23(17-31)28(36)37/h6-12,18-20,23H,13-17H2,1-5H3,(H,36,37). The number of fused-ring (bicyclic) bond motifs is 1. The van der Waals surface area contributed by atoms with Gasteiger partial charge in [0.1, 0.15) is 0 Å². The van der Waals surface area contributed by atoms with Crippen molar-refractivity contribution >= 4 is 35.2 Å². The minimum absolute atomic E-state index is 0.0707. The first-order valence-electron chi connectivity index (χ1n) is 14.1. The van der Waals surface area contributed by atoms with Gasteiger partial charge in [0.15, 0.2) is 5.78 Å². The summed E-state index contributed by atoms with van der Waals surface area (Å²) in [7, 11) is -0.408. The molecule has 8 heteroatoms. The van der Waals surface area contributed by atoms with Gasteiger partial charge in [-0.3, -0.25) is 14.3 Å². The lowest BCUT2D eigenvalue weighted by Gasteiger charge is -2.56. The Morgan fingerprint density at radius 3 is 2.28 bits per heavy atom.